The van der Waals surface area contributed by atoms with Gasteiger partial charge in [0.05, 0.1) is 6.04 Å². The predicted molar refractivity (Wildman–Crippen MR) is 76.1 cm³/mol. The second-order valence-corrected chi connectivity index (χ2v) is 5.86. The molecule has 9 nitrogen and oxygen atoms in total. The average molecular weight is 347 g/mol. The molecule has 2 saturated heterocycles. The van der Waals surface area contributed by atoms with Crippen LogP contribution in [0.15, 0.2) is 11.3 Å². The van der Waals surface area contributed by atoms with E-state index in [-0.39, 0.29) is 67.1 Å². The molecule has 0 bridgehead atoms. The number of carboxylic acids is 1. The van der Waals surface area contributed by atoms with E-state index in [2.05, 4.69) is 5.32 Å². The van der Waals surface area contributed by atoms with Gasteiger partial charge in [-0.05, 0) is 12.0 Å². The summed E-state index contributed by atoms with van der Waals surface area (Å²) < 4.78 is 4.94. The van der Waals surface area contributed by atoms with E-state index >= 15 is 0 Å². The molecule has 3 aliphatic heterocycles. The van der Waals surface area contributed by atoms with Crippen LogP contribution in [0.4, 0.5) is 4.79 Å². The van der Waals surface area contributed by atoms with E-state index in [1.165, 1.54) is 23.8 Å². The molecule has 10 heteroatoms. The number of β-lactam (4-membered cyclic amide) rings is 1. The van der Waals surface area contributed by atoms with Crippen LogP contribution in [0.1, 0.15) is 14.8 Å². The molecule has 0 spiro atoms. The summed E-state index contributed by atoms with van der Waals surface area (Å²) in [5, 5.41) is 11.7. The van der Waals surface area contributed by atoms with Crippen LogP contribution < -0.4 is 34.9 Å². The van der Waals surface area contributed by atoms with Gasteiger partial charge >= 0.3 is 41.6 Å². The van der Waals surface area contributed by atoms with Gasteiger partial charge in [-0.25, -0.2) is 9.59 Å². The smallest absolute Gasteiger partial charge is 1.00 e. The second-order valence-electron chi connectivity index (χ2n) is 5.86. The summed E-state index contributed by atoms with van der Waals surface area (Å²) in [4.78, 5) is 49.5. The van der Waals surface area contributed by atoms with Crippen molar-refractivity contribution in [1.82, 2.24) is 15.1 Å². The van der Waals surface area contributed by atoms with E-state index < -0.39 is 18.1 Å². The Balaban J connectivity index is 0.00000156. The summed E-state index contributed by atoms with van der Waals surface area (Å²) in [6.45, 7) is 1.61. The Hall–Kier alpha value is -1.58. The van der Waals surface area contributed by atoms with Crippen LogP contribution in [-0.4, -0.2) is 71.1 Å². The Labute approximate surface area is 161 Å². The third kappa shape index (κ3) is 2.70. The van der Waals surface area contributed by atoms with Crippen LogP contribution in [0.5, 0.6) is 0 Å². The summed E-state index contributed by atoms with van der Waals surface area (Å²) in [7, 11) is 1.40. The van der Waals surface area contributed by atoms with Crippen molar-refractivity contribution in [2.24, 2.45) is 5.92 Å². The van der Waals surface area contributed by atoms with Crippen molar-refractivity contribution >= 4 is 23.9 Å². The molecule has 0 aromatic carbocycles. The Morgan fingerprint density at radius 3 is 2.62 bits per heavy atom. The van der Waals surface area contributed by atoms with Gasteiger partial charge in [0, 0.05) is 26.4 Å². The molecule has 2 fully saturated rings. The molecule has 0 unspecified atom stereocenters. The van der Waals surface area contributed by atoms with Gasteiger partial charge in [-0.3, -0.25) is 14.5 Å². The van der Waals surface area contributed by atoms with E-state index in [1.54, 1.807) is 0 Å². The number of carboxylic acid groups (broad SMARTS) is 1. The van der Waals surface area contributed by atoms with Crippen LogP contribution in [0.2, 0.25) is 0 Å². The second kappa shape index (κ2) is 6.73. The molecule has 3 atom stereocenters. The zero-order chi connectivity index (χ0) is 16.9. The molecule has 3 amide bonds. The van der Waals surface area contributed by atoms with E-state index in [9.17, 15) is 24.3 Å². The van der Waals surface area contributed by atoms with E-state index in [4.69, 9.17) is 4.74 Å². The van der Waals surface area contributed by atoms with Crippen LogP contribution in [0.3, 0.4) is 0 Å². The molecule has 3 aliphatic rings. The quantitative estimate of drug-likeness (QED) is 0.400. The van der Waals surface area contributed by atoms with Crippen molar-refractivity contribution in [1.29, 1.82) is 0 Å². The van der Waals surface area contributed by atoms with Crippen LogP contribution in [-0.2, 0) is 19.1 Å². The number of ether oxygens (including phenoxy) is 1. The van der Waals surface area contributed by atoms with Gasteiger partial charge in [0.25, 0.3) is 5.91 Å². The first kappa shape index (κ1) is 18.8. The molecule has 126 valence electrons. The van der Waals surface area contributed by atoms with Crippen molar-refractivity contribution in [3.05, 3.63) is 11.3 Å². The van der Waals surface area contributed by atoms with Gasteiger partial charge in [0.2, 0.25) is 5.91 Å². The van der Waals surface area contributed by atoms with Gasteiger partial charge in [-0.1, -0.05) is 0 Å². The summed E-state index contributed by atoms with van der Waals surface area (Å²) in [6, 6.07) is -0.852. The molecule has 3 heterocycles. The predicted octanol–water partition coefficient (Wildman–Crippen LogP) is -3.74. The number of likely N-dealkylation sites (tertiary alicyclic amines) is 1. The van der Waals surface area contributed by atoms with Gasteiger partial charge in [-0.15, -0.1) is 0 Å². The zero-order valence-corrected chi connectivity index (χ0v) is 15.7. The van der Waals surface area contributed by atoms with Gasteiger partial charge in [0.15, 0.2) is 0 Å². The van der Waals surface area contributed by atoms with E-state index in [0.717, 1.165) is 0 Å². The van der Waals surface area contributed by atoms with Crippen LogP contribution >= 0.6 is 0 Å². The minimum atomic E-state index is -1.23. The fourth-order valence-electron chi connectivity index (χ4n) is 3.71. The number of hydrogen-bond donors (Lipinski definition) is 2. The number of carbonyl (C=O) groups excluding carboxylic acids is 3. The van der Waals surface area contributed by atoms with E-state index in [1.807, 2.05) is 0 Å². The molecular formula is C14H18N3NaO6. The molecule has 2 N–H and O–H groups in total. The van der Waals surface area contributed by atoms with Crippen LogP contribution in [0, 0.1) is 5.92 Å². The maximum Gasteiger partial charge on any atom is 1.00 e. The summed E-state index contributed by atoms with van der Waals surface area (Å²) in [5.74, 6) is -1.85. The average Bonchev–Trinajstić information content (AvgIpc) is 2.87. The number of hydrogen-bond acceptors (Lipinski definition) is 5. The Morgan fingerprint density at radius 2 is 2.08 bits per heavy atom. The molecule has 0 aromatic rings. The number of rotatable bonds is 3. The normalized spacial score (nSPS) is 27.1. The number of amides is 3. The maximum atomic E-state index is 12.3. The van der Waals surface area contributed by atoms with E-state index in [0.29, 0.717) is 18.5 Å². The van der Waals surface area contributed by atoms with Crippen LogP contribution in [0.25, 0.3) is 0 Å². The zero-order valence-electron chi connectivity index (χ0n) is 14.7. The number of nitrogens with zero attached hydrogens (tertiary/aromatic N) is 2. The number of alkyl carbamates (subject to hydrolysis) is 1. The van der Waals surface area contributed by atoms with Gasteiger partial charge in [-0.2, -0.15) is 0 Å². The fraction of sp³-hybridized carbons (Fsp3) is 0.571. The summed E-state index contributed by atoms with van der Waals surface area (Å²) in [5.41, 5.74) is 0.265. The van der Waals surface area contributed by atoms with Gasteiger partial charge in [0.1, 0.15) is 18.3 Å². The monoisotopic (exact) mass is 347 g/mol. The largest absolute Gasteiger partial charge is 1.00 e. The standard InChI is InChI=1S/C14H17N3O6.Na.H/c1-6(18)16-4-7-3-8(5-23-14(22)15-2)10(13(20)21)17-9(7)11(16)12(17)19;;/h7,9,11H,3-5H2,1-2H3,(H,15,22)(H,20,21);;/q;+1;-1/t7-,9-,11+;;/m1../s1. The minimum Gasteiger partial charge on any atom is -1.00 e. The molecular weight excluding hydrogens is 329 g/mol. The Bertz CT molecular complexity index is 654. The first-order chi connectivity index (χ1) is 10.9. The molecule has 24 heavy (non-hydrogen) atoms. The topological polar surface area (TPSA) is 116 Å². The van der Waals surface area contributed by atoms with Crippen molar-refractivity contribution < 1.29 is 60.0 Å². The summed E-state index contributed by atoms with van der Waals surface area (Å²) in [6.07, 6.45) is -0.290. The molecule has 0 saturated carbocycles. The van der Waals surface area contributed by atoms with Crippen molar-refractivity contribution in [2.75, 3.05) is 20.2 Å². The Kier molecular flexibility index (Phi) is 5.26. The molecule has 0 aliphatic carbocycles. The molecule has 3 rings (SSSR count). The minimum absolute atomic E-state index is 0. The molecule has 0 aromatic heterocycles. The SMILES string of the molecule is CNC(=O)OCC1=C(C(=O)O)N2C(=O)[C@@H]3[C@H]2[C@H](C1)CN3C(C)=O.[H-].[Na+]. The molecule has 0 radical (unpaired) electrons. The fourth-order valence-corrected chi connectivity index (χ4v) is 3.71. The van der Waals surface area contributed by atoms with Crippen molar-refractivity contribution in [3.63, 3.8) is 0 Å². The third-order valence-corrected chi connectivity index (χ3v) is 4.64. The van der Waals surface area contributed by atoms with Crippen molar-refractivity contribution in [3.8, 4) is 0 Å². The first-order valence-corrected chi connectivity index (χ1v) is 7.27. The Morgan fingerprint density at radius 1 is 1.42 bits per heavy atom. The number of carbonyl (C=O) groups is 4. The number of aliphatic carboxylic acids is 1. The third-order valence-electron chi connectivity index (χ3n) is 4.64. The number of nitrogens with one attached hydrogen (secondary N) is 1. The van der Waals surface area contributed by atoms with Crippen molar-refractivity contribution in [2.45, 2.75) is 25.4 Å². The maximum absolute atomic E-state index is 12.3. The van der Waals surface area contributed by atoms with Gasteiger partial charge < -0.3 is 21.5 Å². The summed E-state index contributed by atoms with van der Waals surface area (Å²) >= 11 is 0. The first-order valence-electron chi connectivity index (χ1n) is 7.27.